The summed E-state index contributed by atoms with van der Waals surface area (Å²) in [5.41, 5.74) is 1.09. The molecule has 0 bridgehead atoms. The predicted octanol–water partition coefficient (Wildman–Crippen LogP) is 0.732. The molecule has 2 rings (SSSR count). The van der Waals surface area contributed by atoms with Crippen LogP contribution >= 0.6 is 0 Å². The minimum absolute atomic E-state index is 0.450. The number of nitrogens with zero attached hydrogens (tertiary/aromatic N) is 1. The number of carboxylic acid groups (broad SMARTS) is 1. The summed E-state index contributed by atoms with van der Waals surface area (Å²) < 4.78 is 5.71. The lowest BCUT2D eigenvalue weighted by Crippen LogP contribution is -2.55. The summed E-state index contributed by atoms with van der Waals surface area (Å²) in [6, 6.07) is 7.39. The van der Waals surface area contributed by atoms with Crippen LogP contribution in [0.15, 0.2) is 24.3 Å². The number of carboxylic acids is 1. The minimum Gasteiger partial charge on any atom is -0.492 e. The SMILES string of the molecule is Cc1ccccc1OCCN1CCNCC1C(=O)O. The maximum atomic E-state index is 11.1. The van der Waals surface area contributed by atoms with Crippen LogP contribution in [0.3, 0.4) is 0 Å². The number of para-hydroxylation sites is 1. The highest BCUT2D eigenvalue weighted by Gasteiger charge is 2.27. The van der Waals surface area contributed by atoms with Crippen LogP contribution in [0.2, 0.25) is 0 Å². The van der Waals surface area contributed by atoms with Gasteiger partial charge in [0, 0.05) is 26.2 Å². The Morgan fingerprint density at radius 2 is 2.32 bits per heavy atom. The van der Waals surface area contributed by atoms with Gasteiger partial charge in [0.25, 0.3) is 0 Å². The van der Waals surface area contributed by atoms with E-state index in [1.165, 1.54) is 0 Å². The minimum atomic E-state index is -0.775. The second-order valence-corrected chi connectivity index (χ2v) is 4.71. The number of nitrogens with one attached hydrogen (secondary N) is 1. The van der Waals surface area contributed by atoms with E-state index < -0.39 is 12.0 Å². The Hall–Kier alpha value is -1.59. The molecule has 1 fully saturated rings. The van der Waals surface area contributed by atoms with Gasteiger partial charge in [0.1, 0.15) is 18.4 Å². The highest BCUT2D eigenvalue weighted by Crippen LogP contribution is 2.16. The summed E-state index contributed by atoms with van der Waals surface area (Å²) in [7, 11) is 0. The van der Waals surface area contributed by atoms with Crippen molar-refractivity contribution >= 4 is 5.97 Å². The van der Waals surface area contributed by atoms with Crippen molar-refractivity contribution in [2.75, 3.05) is 32.8 Å². The molecule has 0 saturated carbocycles. The van der Waals surface area contributed by atoms with E-state index in [1.54, 1.807) is 0 Å². The van der Waals surface area contributed by atoms with Gasteiger partial charge >= 0.3 is 5.97 Å². The normalized spacial score (nSPS) is 20.2. The molecule has 104 valence electrons. The Morgan fingerprint density at radius 1 is 1.53 bits per heavy atom. The van der Waals surface area contributed by atoms with Gasteiger partial charge in [-0.3, -0.25) is 9.69 Å². The van der Waals surface area contributed by atoms with E-state index in [0.29, 0.717) is 19.7 Å². The molecular weight excluding hydrogens is 244 g/mol. The number of hydrogen-bond donors (Lipinski definition) is 2. The van der Waals surface area contributed by atoms with Crippen LogP contribution in [0, 0.1) is 6.92 Å². The van der Waals surface area contributed by atoms with E-state index in [2.05, 4.69) is 5.32 Å². The highest BCUT2D eigenvalue weighted by atomic mass is 16.5. The van der Waals surface area contributed by atoms with E-state index in [-0.39, 0.29) is 0 Å². The number of ether oxygens (including phenoxy) is 1. The monoisotopic (exact) mass is 264 g/mol. The standard InChI is InChI=1S/C14H20N2O3/c1-11-4-2-3-5-13(11)19-9-8-16-7-6-15-10-12(16)14(17)18/h2-5,12,15H,6-10H2,1H3,(H,17,18). The van der Waals surface area contributed by atoms with Crippen LogP contribution in [0.4, 0.5) is 0 Å². The topological polar surface area (TPSA) is 61.8 Å². The number of piperazine rings is 1. The molecule has 1 aromatic carbocycles. The van der Waals surface area contributed by atoms with Gasteiger partial charge in [-0.25, -0.2) is 0 Å². The molecule has 0 radical (unpaired) electrons. The summed E-state index contributed by atoms with van der Waals surface area (Å²) in [5.74, 6) is 0.0904. The molecule has 1 aliphatic heterocycles. The third-order valence-corrected chi connectivity index (χ3v) is 3.37. The van der Waals surface area contributed by atoms with Crippen LogP contribution < -0.4 is 10.1 Å². The number of hydrogen-bond acceptors (Lipinski definition) is 4. The molecule has 0 aromatic heterocycles. The summed E-state index contributed by atoms with van der Waals surface area (Å²) in [4.78, 5) is 13.1. The van der Waals surface area contributed by atoms with Gasteiger partial charge in [-0.05, 0) is 18.6 Å². The Kier molecular flexibility index (Phi) is 4.76. The molecule has 5 nitrogen and oxygen atoms in total. The van der Waals surface area contributed by atoms with Crippen molar-refractivity contribution in [3.8, 4) is 5.75 Å². The Labute approximate surface area is 113 Å². The molecule has 1 aliphatic rings. The van der Waals surface area contributed by atoms with Gasteiger partial charge in [-0.2, -0.15) is 0 Å². The number of rotatable bonds is 5. The van der Waals surface area contributed by atoms with Crippen molar-refractivity contribution in [2.45, 2.75) is 13.0 Å². The van der Waals surface area contributed by atoms with Gasteiger partial charge in [0.05, 0.1) is 0 Å². The fraction of sp³-hybridized carbons (Fsp3) is 0.500. The first kappa shape index (κ1) is 13.8. The maximum absolute atomic E-state index is 11.1. The van der Waals surface area contributed by atoms with Crippen molar-refractivity contribution in [3.63, 3.8) is 0 Å². The number of aliphatic carboxylic acids is 1. The van der Waals surface area contributed by atoms with Crippen molar-refractivity contribution in [1.29, 1.82) is 0 Å². The van der Waals surface area contributed by atoms with Crippen LogP contribution in [0.1, 0.15) is 5.56 Å². The van der Waals surface area contributed by atoms with Crippen LogP contribution in [0.25, 0.3) is 0 Å². The first-order valence-electron chi connectivity index (χ1n) is 6.54. The van der Waals surface area contributed by atoms with Crippen molar-refractivity contribution < 1.29 is 14.6 Å². The molecule has 19 heavy (non-hydrogen) atoms. The number of carbonyl (C=O) groups is 1. The smallest absolute Gasteiger partial charge is 0.322 e. The summed E-state index contributed by atoms with van der Waals surface area (Å²) in [6.07, 6.45) is 0. The Morgan fingerprint density at radius 3 is 3.05 bits per heavy atom. The first-order chi connectivity index (χ1) is 9.18. The van der Waals surface area contributed by atoms with Gasteiger partial charge in [-0.1, -0.05) is 18.2 Å². The molecule has 1 unspecified atom stereocenters. The zero-order valence-electron chi connectivity index (χ0n) is 11.1. The fourth-order valence-electron chi connectivity index (χ4n) is 2.25. The molecule has 0 aliphatic carbocycles. The third kappa shape index (κ3) is 3.68. The number of benzene rings is 1. The van der Waals surface area contributed by atoms with Crippen LogP contribution in [-0.4, -0.2) is 54.8 Å². The molecule has 0 spiro atoms. The lowest BCUT2D eigenvalue weighted by Gasteiger charge is -2.33. The van der Waals surface area contributed by atoms with E-state index in [0.717, 1.165) is 24.4 Å². The van der Waals surface area contributed by atoms with Crippen molar-refractivity contribution in [1.82, 2.24) is 10.2 Å². The Bertz CT molecular complexity index is 436. The summed E-state index contributed by atoms with van der Waals surface area (Å²) in [5, 5.41) is 12.2. The molecular formula is C14H20N2O3. The van der Waals surface area contributed by atoms with Crippen molar-refractivity contribution in [2.24, 2.45) is 0 Å². The lowest BCUT2D eigenvalue weighted by molar-refractivity contribution is -0.144. The van der Waals surface area contributed by atoms with Crippen LogP contribution in [-0.2, 0) is 4.79 Å². The summed E-state index contributed by atoms with van der Waals surface area (Å²) in [6.45, 7) is 5.21. The highest BCUT2D eigenvalue weighted by molar-refractivity contribution is 5.73. The quantitative estimate of drug-likeness (QED) is 0.821. The van der Waals surface area contributed by atoms with Gasteiger partial charge in [0.2, 0.25) is 0 Å². The molecule has 1 aromatic rings. The van der Waals surface area contributed by atoms with Gasteiger partial charge in [-0.15, -0.1) is 0 Å². The first-order valence-corrected chi connectivity index (χ1v) is 6.54. The average Bonchev–Trinajstić information content (AvgIpc) is 2.41. The average molecular weight is 264 g/mol. The summed E-state index contributed by atoms with van der Waals surface area (Å²) >= 11 is 0. The lowest BCUT2D eigenvalue weighted by atomic mass is 10.2. The van der Waals surface area contributed by atoms with Gasteiger partial charge < -0.3 is 15.2 Å². The largest absolute Gasteiger partial charge is 0.492 e. The molecule has 1 saturated heterocycles. The fourth-order valence-corrected chi connectivity index (χ4v) is 2.25. The van der Waals surface area contributed by atoms with E-state index in [4.69, 9.17) is 9.84 Å². The zero-order chi connectivity index (χ0) is 13.7. The zero-order valence-corrected chi connectivity index (χ0v) is 11.1. The Balaban J connectivity index is 1.84. The molecule has 0 amide bonds. The predicted molar refractivity (Wildman–Crippen MR) is 72.5 cm³/mol. The number of aryl methyl sites for hydroxylation is 1. The van der Waals surface area contributed by atoms with E-state index >= 15 is 0 Å². The van der Waals surface area contributed by atoms with Crippen molar-refractivity contribution in [3.05, 3.63) is 29.8 Å². The third-order valence-electron chi connectivity index (χ3n) is 3.37. The molecule has 5 heteroatoms. The second kappa shape index (κ2) is 6.54. The maximum Gasteiger partial charge on any atom is 0.322 e. The van der Waals surface area contributed by atoms with E-state index in [9.17, 15) is 4.79 Å². The molecule has 1 atom stereocenters. The molecule has 1 heterocycles. The molecule has 2 N–H and O–H groups in total. The van der Waals surface area contributed by atoms with Gasteiger partial charge in [0.15, 0.2) is 0 Å². The van der Waals surface area contributed by atoms with E-state index in [1.807, 2.05) is 36.1 Å². The second-order valence-electron chi connectivity index (χ2n) is 4.71. The van der Waals surface area contributed by atoms with Crippen LogP contribution in [0.5, 0.6) is 5.75 Å².